The zero-order valence-corrected chi connectivity index (χ0v) is 15.2. The van der Waals surface area contributed by atoms with Crippen LogP contribution in [-0.4, -0.2) is 43.3 Å². The van der Waals surface area contributed by atoms with Crippen molar-refractivity contribution in [1.82, 2.24) is 10.2 Å². The van der Waals surface area contributed by atoms with E-state index in [4.69, 9.17) is 9.47 Å². The largest absolute Gasteiger partial charge is 0.454 e. The van der Waals surface area contributed by atoms with E-state index in [0.717, 1.165) is 12.8 Å². The molecule has 1 aromatic carbocycles. The Morgan fingerprint density at radius 3 is 2.59 bits per heavy atom. The van der Waals surface area contributed by atoms with Gasteiger partial charge in [0, 0.05) is 43.7 Å². The van der Waals surface area contributed by atoms with Crippen molar-refractivity contribution >= 4 is 5.91 Å². The minimum atomic E-state index is -2.95. The van der Waals surface area contributed by atoms with E-state index >= 15 is 0 Å². The van der Waals surface area contributed by atoms with Crippen LogP contribution >= 0.6 is 0 Å². The number of nitrogens with zero attached hydrogens (tertiary/aromatic N) is 1. The van der Waals surface area contributed by atoms with Gasteiger partial charge in [0.05, 0.1) is 0 Å². The number of carbonyl (C=O) groups excluding carboxylic acids is 1. The van der Waals surface area contributed by atoms with Crippen molar-refractivity contribution in [2.45, 2.75) is 57.3 Å². The number of ether oxygens (including phenoxy) is 3. The standard InChI is InChI=1S/C19H24F2N2O4/c1-23(18(24)6-11-4-13-2-3-14(5-11)22-13)9-12-7-16-17(26-10-25-16)8-15(12)27-19(20)21/h7-8,11,13-14,19,22H,2-6,9-10H2,1H3. The molecule has 6 nitrogen and oxygen atoms in total. The van der Waals surface area contributed by atoms with Gasteiger partial charge in [0.2, 0.25) is 12.7 Å². The van der Waals surface area contributed by atoms with Crippen molar-refractivity contribution < 1.29 is 27.8 Å². The van der Waals surface area contributed by atoms with Crippen LogP contribution in [0.4, 0.5) is 8.78 Å². The van der Waals surface area contributed by atoms with Crippen LogP contribution in [0, 0.1) is 5.92 Å². The zero-order chi connectivity index (χ0) is 19.0. The molecule has 3 heterocycles. The van der Waals surface area contributed by atoms with Crippen molar-refractivity contribution in [3.8, 4) is 17.2 Å². The average molecular weight is 382 g/mol. The van der Waals surface area contributed by atoms with Crippen molar-refractivity contribution in [2.24, 2.45) is 5.92 Å². The molecule has 4 rings (SSSR count). The normalized spacial score (nSPS) is 25.7. The lowest BCUT2D eigenvalue weighted by molar-refractivity contribution is -0.131. The number of rotatable bonds is 6. The Morgan fingerprint density at radius 1 is 1.26 bits per heavy atom. The summed E-state index contributed by atoms with van der Waals surface area (Å²) in [6.45, 7) is -2.73. The number of carbonyl (C=O) groups is 1. The van der Waals surface area contributed by atoms with Crippen LogP contribution in [0.15, 0.2) is 12.1 Å². The maximum atomic E-state index is 12.8. The molecule has 1 aromatic rings. The highest BCUT2D eigenvalue weighted by atomic mass is 19.3. The van der Waals surface area contributed by atoms with Gasteiger partial charge in [0.15, 0.2) is 11.5 Å². The first-order valence-corrected chi connectivity index (χ1v) is 9.35. The summed E-state index contributed by atoms with van der Waals surface area (Å²) in [4.78, 5) is 14.2. The van der Waals surface area contributed by atoms with E-state index in [9.17, 15) is 13.6 Å². The molecule has 8 heteroatoms. The van der Waals surface area contributed by atoms with E-state index in [1.54, 1.807) is 18.0 Å². The second kappa shape index (κ2) is 7.50. The molecule has 0 spiro atoms. The molecule has 0 aromatic heterocycles. The molecule has 2 unspecified atom stereocenters. The van der Waals surface area contributed by atoms with Gasteiger partial charge < -0.3 is 24.4 Å². The van der Waals surface area contributed by atoms with Crippen molar-refractivity contribution in [3.05, 3.63) is 17.7 Å². The number of benzene rings is 1. The van der Waals surface area contributed by atoms with Crippen LogP contribution in [0.3, 0.4) is 0 Å². The van der Waals surface area contributed by atoms with Crippen LogP contribution < -0.4 is 19.5 Å². The number of nitrogens with one attached hydrogen (secondary N) is 1. The smallest absolute Gasteiger partial charge is 0.387 e. The number of amides is 1. The highest BCUT2D eigenvalue weighted by Gasteiger charge is 2.34. The lowest BCUT2D eigenvalue weighted by atomic mass is 9.89. The number of hydrogen-bond donors (Lipinski definition) is 1. The summed E-state index contributed by atoms with van der Waals surface area (Å²) in [5, 5.41) is 3.57. The molecule has 2 fully saturated rings. The predicted octanol–water partition coefficient (Wildman–Crippen LogP) is 2.90. The summed E-state index contributed by atoms with van der Waals surface area (Å²) in [7, 11) is 1.69. The van der Waals surface area contributed by atoms with Crippen molar-refractivity contribution in [1.29, 1.82) is 0 Å². The third-order valence-corrected chi connectivity index (χ3v) is 5.64. The van der Waals surface area contributed by atoms with Gasteiger partial charge in [0.1, 0.15) is 5.75 Å². The van der Waals surface area contributed by atoms with Crippen molar-refractivity contribution in [2.75, 3.05) is 13.8 Å². The summed E-state index contributed by atoms with van der Waals surface area (Å²) < 4.78 is 40.7. The molecule has 0 saturated carbocycles. The molecule has 2 saturated heterocycles. The van der Waals surface area contributed by atoms with E-state index in [2.05, 4.69) is 10.1 Å². The van der Waals surface area contributed by atoms with Gasteiger partial charge in [-0.25, -0.2) is 0 Å². The lowest BCUT2D eigenvalue weighted by Gasteiger charge is -2.30. The summed E-state index contributed by atoms with van der Waals surface area (Å²) >= 11 is 0. The minimum Gasteiger partial charge on any atom is -0.454 e. The van der Waals surface area contributed by atoms with Crippen LogP contribution in [0.5, 0.6) is 17.2 Å². The first kappa shape index (κ1) is 18.3. The van der Waals surface area contributed by atoms with Crippen LogP contribution in [-0.2, 0) is 11.3 Å². The molecule has 3 aliphatic rings. The molecule has 0 radical (unpaired) electrons. The Morgan fingerprint density at radius 2 is 1.93 bits per heavy atom. The molecular weight excluding hydrogens is 358 g/mol. The number of alkyl halides is 2. The highest BCUT2D eigenvalue weighted by molar-refractivity contribution is 5.76. The van der Waals surface area contributed by atoms with Crippen LogP contribution in [0.2, 0.25) is 0 Å². The number of piperidine rings is 1. The summed E-state index contributed by atoms with van der Waals surface area (Å²) in [6.07, 6.45) is 4.92. The zero-order valence-electron chi connectivity index (χ0n) is 15.2. The monoisotopic (exact) mass is 382 g/mol. The van der Waals surface area contributed by atoms with Crippen molar-refractivity contribution in [3.63, 3.8) is 0 Å². The second-order valence-corrected chi connectivity index (χ2v) is 7.62. The Kier molecular flexibility index (Phi) is 5.08. The molecule has 3 aliphatic heterocycles. The van der Waals surface area contributed by atoms with Gasteiger partial charge in [-0.3, -0.25) is 4.79 Å². The van der Waals surface area contributed by atoms with Gasteiger partial charge >= 0.3 is 6.61 Å². The molecule has 2 atom stereocenters. The Bertz CT molecular complexity index is 703. The maximum Gasteiger partial charge on any atom is 0.387 e. The first-order chi connectivity index (χ1) is 13.0. The fraction of sp³-hybridized carbons (Fsp3) is 0.632. The van der Waals surface area contributed by atoms with Gasteiger partial charge in [-0.1, -0.05) is 0 Å². The molecule has 0 aliphatic carbocycles. The number of fused-ring (bicyclic) bond motifs is 3. The fourth-order valence-electron chi connectivity index (χ4n) is 4.38. The maximum absolute atomic E-state index is 12.8. The average Bonchev–Trinajstić information content (AvgIpc) is 3.20. The Labute approximate surface area is 156 Å². The van der Waals surface area contributed by atoms with E-state index in [1.165, 1.54) is 18.9 Å². The molecule has 148 valence electrons. The van der Waals surface area contributed by atoms with E-state index < -0.39 is 6.61 Å². The minimum absolute atomic E-state index is 0.00816. The topological polar surface area (TPSA) is 60.0 Å². The molecule has 2 bridgehead atoms. The molecule has 1 N–H and O–H groups in total. The van der Waals surface area contributed by atoms with Crippen LogP contribution in [0.25, 0.3) is 0 Å². The fourth-order valence-corrected chi connectivity index (χ4v) is 4.38. The Balaban J connectivity index is 1.42. The summed E-state index contributed by atoms with van der Waals surface area (Å²) in [5.41, 5.74) is 0.473. The van der Waals surface area contributed by atoms with Gasteiger partial charge in [-0.15, -0.1) is 0 Å². The SMILES string of the molecule is CN(Cc1cc2c(cc1OC(F)F)OCO2)C(=O)CC1CC2CCC(C1)N2. The van der Waals surface area contributed by atoms with Gasteiger partial charge in [-0.05, 0) is 37.7 Å². The van der Waals surface area contributed by atoms with E-state index in [-0.39, 0.29) is 25.0 Å². The Hall–Kier alpha value is -2.09. The third kappa shape index (κ3) is 4.10. The number of hydrogen-bond acceptors (Lipinski definition) is 5. The van der Waals surface area contributed by atoms with Crippen LogP contribution in [0.1, 0.15) is 37.7 Å². The second-order valence-electron chi connectivity index (χ2n) is 7.62. The van der Waals surface area contributed by atoms with E-state index in [1.807, 2.05) is 0 Å². The van der Waals surface area contributed by atoms with Gasteiger partial charge in [-0.2, -0.15) is 8.78 Å². The number of halogens is 2. The van der Waals surface area contributed by atoms with Gasteiger partial charge in [0.25, 0.3) is 0 Å². The van der Waals surface area contributed by atoms with E-state index in [0.29, 0.717) is 41.5 Å². The molecule has 27 heavy (non-hydrogen) atoms. The summed E-state index contributed by atoms with van der Waals surface area (Å²) in [5.74, 6) is 1.25. The quantitative estimate of drug-likeness (QED) is 0.820. The third-order valence-electron chi connectivity index (χ3n) is 5.64. The first-order valence-electron chi connectivity index (χ1n) is 9.35. The molecule has 1 amide bonds. The highest BCUT2D eigenvalue weighted by Crippen LogP contribution is 2.39. The predicted molar refractivity (Wildman–Crippen MR) is 93.0 cm³/mol. The summed E-state index contributed by atoms with van der Waals surface area (Å²) in [6, 6.07) is 4.07. The molecular formula is C19H24F2N2O4. The lowest BCUT2D eigenvalue weighted by Crippen LogP contribution is -2.39.